The van der Waals surface area contributed by atoms with Gasteiger partial charge in [0.05, 0.1) is 11.4 Å². The van der Waals surface area contributed by atoms with Crippen molar-refractivity contribution in [3.8, 4) is 0 Å². The van der Waals surface area contributed by atoms with Gasteiger partial charge in [-0.05, 0) is 24.1 Å². The Morgan fingerprint density at radius 1 is 1.62 bits per heavy atom. The van der Waals surface area contributed by atoms with E-state index in [0.29, 0.717) is 18.0 Å². The maximum Gasteiger partial charge on any atom is 0.261 e. The van der Waals surface area contributed by atoms with E-state index < -0.39 is 0 Å². The molecule has 0 saturated heterocycles. The second-order valence-electron chi connectivity index (χ2n) is 3.26. The monoisotopic (exact) mass is 238 g/mol. The van der Waals surface area contributed by atoms with Crippen molar-refractivity contribution in [3.63, 3.8) is 0 Å². The molecule has 1 heterocycles. The number of hydrogen-bond acceptors (Lipinski definition) is 3. The van der Waals surface area contributed by atoms with Crippen molar-refractivity contribution in [1.82, 2.24) is 5.32 Å². The van der Waals surface area contributed by atoms with Gasteiger partial charge in [-0.15, -0.1) is 11.3 Å². The Hall–Kier alpha value is -1.52. The molecule has 0 atom stereocenters. The van der Waals surface area contributed by atoms with E-state index in [2.05, 4.69) is 22.3 Å². The van der Waals surface area contributed by atoms with Crippen LogP contribution < -0.4 is 5.32 Å². The van der Waals surface area contributed by atoms with Crippen molar-refractivity contribution in [1.29, 1.82) is 0 Å². The average Bonchev–Trinajstić information content (AvgIpc) is 2.75. The Morgan fingerprint density at radius 2 is 2.44 bits per heavy atom. The Kier molecular flexibility index (Phi) is 5.39. The quantitative estimate of drug-likeness (QED) is 0.351. The molecule has 0 unspecified atom stereocenters. The first kappa shape index (κ1) is 12.5. The van der Waals surface area contributed by atoms with Crippen LogP contribution in [0.3, 0.4) is 0 Å². The molecule has 0 radical (unpaired) electrons. The van der Waals surface area contributed by atoms with Crippen molar-refractivity contribution in [2.75, 3.05) is 6.54 Å². The fourth-order valence-corrected chi connectivity index (χ4v) is 1.99. The van der Waals surface area contributed by atoms with E-state index in [-0.39, 0.29) is 5.91 Å². The minimum absolute atomic E-state index is 0.0503. The average molecular weight is 238 g/mol. The second kappa shape index (κ2) is 6.87. The van der Waals surface area contributed by atoms with Gasteiger partial charge >= 0.3 is 0 Å². The molecule has 0 bridgehead atoms. The number of nitrogens with zero attached hydrogens (tertiary/aromatic N) is 3. The summed E-state index contributed by atoms with van der Waals surface area (Å²) < 4.78 is 0. The Labute approximate surface area is 98.1 Å². The van der Waals surface area contributed by atoms with E-state index in [1.807, 2.05) is 6.07 Å². The fraction of sp³-hybridized carbons (Fsp3) is 0.500. The summed E-state index contributed by atoms with van der Waals surface area (Å²) in [6, 6.07) is 3.57. The summed E-state index contributed by atoms with van der Waals surface area (Å²) in [7, 11) is 0. The van der Waals surface area contributed by atoms with Crippen LogP contribution in [-0.2, 0) is 6.54 Å². The van der Waals surface area contributed by atoms with Gasteiger partial charge in [-0.25, -0.2) is 0 Å². The molecule has 86 valence electrons. The van der Waals surface area contributed by atoms with Crippen LogP contribution in [0.2, 0.25) is 0 Å². The van der Waals surface area contributed by atoms with Crippen LogP contribution in [0.25, 0.3) is 10.4 Å². The minimum Gasteiger partial charge on any atom is -0.351 e. The third-order valence-corrected chi connectivity index (χ3v) is 3.06. The lowest BCUT2D eigenvalue weighted by Crippen LogP contribution is -2.23. The van der Waals surface area contributed by atoms with Gasteiger partial charge in [-0.3, -0.25) is 4.79 Å². The molecule has 1 aromatic rings. The summed E-state index contributed by atoms with van der Waals surface area (Å²) in [5.41, 5.74) is 8.17. The minimum atomic E-state index is -0.0503. The molecule has 6 heteroatoms. The van der Waals surface area contributed by atoms with Gasteiger partial charge in [0.25, 0.3) is 5.91 Å². The Balaban J connectivity index is 2.49. The molecule has 1 aromatic heterocycles. The number of amides is 1. The molecule has 0 aliphatic rings. The lowest BCUT2D eigenvalue weighted by atomic mass is 10.3. The molecule has 1 rings (SSSR count). The zero-order chi connectivity index (χ0) is 11.8. The van der Waals surface area contributed by atoms with Gasteiger partial charge < -0.3 is 5.32 Å². The Bertz CT molecular complexity index is 395. The first-order valence-corrected chi connectivity index (χ1v) is 5.97. The van der Waals surface area contributed by atoms with Gasteiger partial charge in [0.2, 0.25) is 0 Å². The van der Waals surface area contributed by atoms with E-state index in [1.54, 1.807) is 6.07 Å². The van der Waals surface area contributed by atoms with Crippen LogP contribution >= 0.6 is 11.3 Å². The van der Waals surface area contributed by atoms with Crippen LogP contribution in [0.4, 0.5) is 0 Å². The molecule has 0 spiro atoms. The zero-order valence-electron chi connectivity index (χ0n) is 9.14. The molecule has 0 aliphatic heterocycles. The van der Waals surface area contributed by atoms with Crippen LogP contribution in [0, 0.1) is 0 Å². The molecular weight excluding hydrogens is 224 g/mol. The third kappa shape index (κ3) is 3.92. The number of azide groups is 1. The predicted octanol–water partition coefficient (Wildman–Crippen LogP) is 3.09. The summed E-state index contributed by atoms with van der Waals surface area (Å²) in [4.78, 5) is 15.8. The molecule has 0 fully saturated rings. The van der Waals surface area contributed by atoms with Crippen molar-refractivity contribution in [2.24, 2.45) is 5.11 Å². The summed E-state index contributed by atoms with van der Waals surface area (Å²) in [5.74, 6) is -0.0503. The first-order valence-electron chi connectivity index (χ1n) is 5.15. The van der Waals surface area contributed by atoms with Crippen molar-refractivity contribution >= 4 is 17.2 Å². The third-order valence-electron chi connectivity index (χ3n) is 1.99. The van der Waals surface area contributed by atoms with Crippen LogP contribution in [0.5, 0.6) is 0 Å². The second-order valence-corrected chi connectivity index (χ2v) is 4.43. The summed E-state index contributed by atoms with van der Waals surface area (Å²) >= 11 is 1.36. The number of rotatable bonds is 6. The highest BCUT2D eigenvalue weighted by Crippen LogP contribution is 2.17. The molecule has 1 N–H and O–H groups in total. The maximum absolute atomic E-state index is 11.6. The van der Waals surface area contributed by atoms with E-state index in [1.165, 1.54) is 11.3 Å². The lowest BCUT2D eigenvalue weighted by Gasteiger charge is -2.00. The predicted molar refractivity (Wildman–Crippen MR) is 64.4 cm³/mol. The van der Waals surface area contributed by atoms with Crippen molar-refractivity contribution < 1.29 is 4.79 Å². The fourth-order valence-electron chi connectivity index (χ4n) is 1.15. The van der Waals surface area contributed by atoms with Crippen LogP contribution in [0.1, 0.15) is 34.3 Å². The standard InChI is InChI=1S/C10H14N4OS/c1-2-3-6-12-10(15)9-5-4-8(16-9)7-13-14-11/h4-5H,2-3,6-7H2,1H3,(H,12,15). The van der Waals surface area contributed by atoms with Gasteiger partial charge in [-0.1, -0.05) is 18.5 Å². The number of carbonyl (C=O) groups excluding carboxylic acids is 1. The molecule has 0 aromatic carbocycles. The number of carbonyl (C=O) groups is 1. The SMILES string of the molecule is CCCCNC(=O)c1ccc(CN=[N+]=[N-])s1. The smallest absolute Gasteiger partial charge is 0.261 e. The van der Waals surface area contributed by atoms with E-state index in [4.69, 9.17) is 5.53 Å². The summed E-state index contributed by atoms with van der Waals surface area (Å²) in [5, 5.41) is 6.29. The van der Waals surface area contributed by atoms with Gasteiger partial charge in [0.1, 0.15) is 0 Å². The number of thiophene rings is 1. The van der Waals surface area contributed by atoms with Crippen molar-refractivity contribution in [2.45, 2.75) is 26.3 Å². The topological polar surface area (TPSA) is 77.9 Å². The van der Waals surface area contributed by atoms with E-state index in [9.17, 15) is 4.79 Å². The molecule has 1 amide bonds. The highest BCUT2D eigenvalue weighted by molar-refractivity contribution is 7.14. The molecular formula is C10H14N4OS. The van der Waals surface area contributed by atoms with Gasteiger partial charge in [0, 0.05) is 16.3 Å². The largest absolute Gasteiger partial charge is 0.351 e. The first-order chi connectivity index (χ1) is 7.77. The van der Waals surface area contributed by atoms with Gasteiger partial charge in [-0.2, -0.15) is 0 Å². The van der Waals surface area contributed by atoms with Crippen LogP contribution in [0.15, 0.2) is 17.2 Å². The lowest BCUT2D eigenvalue weighted by molar-refractivity contribution is 0.0957. The molecule has 5 nitrogen and oxygen atoms in total. The number of hydrogen-bond donors (Lipinski definition) is 1. The number of unbranched alkanes of at least 4 members (excludes halogenated alkanes) is 1. The zero-order valence-corrected chi connectivity index (χ0v) is 9.96. The van der Waals surface area contributed by atoms with Crippen LogP contribution in [-0.4, -0.2) is 12.5 Å². The summed E-state index contributed by atoms with van der Waals surface area (Å²) in [6.45, 7) is 3.09. The van der Waals surface area contributed by atoms with E-state index in [0.717, 1.165) is 17.7 Å². The number of nitrogens with one attached hydrogen (secondary N) is 1. The molecule has 0 saturated carbocycles. The summed E-state index contributed by atoms with van der Waals surface area (Å²) in [6.07, 6.45) is 2.05. The van der Waals surface area contributed by atoms with Crippen molar-refractivity contribution in [3.05, 3.63) is 32.3 Å². The van der Waals surface area contributed by atoms with Gasteiger partial charge in [0.15, 0.2) is 0 Å². The molecule has 16 heavy (non-hydrogen) atoms. The van der Waals surface area contributed by atoms with E-state index >= 15 is 0 Å². The Morgan fingerprint density at radius 3 is 3.12 bits per heavy atom. The maximum atomic E-state index is 11.6. The normalized spacial score (nSPS) is 9.56. The molecule has 0 aliphatic carbocycles. The highest BCUT2D eigenvalue weighted by Gasteiger charge is 2.07. The highest BCUT2D eigenvalue weighted by atomic mass is 32.1.